The SMILES string of the molecule is COC(=O)c1ccc(CNC(=O)c2cc(-c3cccc(F)c3)ccc2F)s1. The summed E-state index contributed by atoms with van der Waals surface area (Å²) in [5, 5.41) is 2.62. The van der Waals surface area contributed by atoms with Crippen molar-refractivity contribution in [2.75, 3.05) is 7.11 Å². The van der Waals surface area contributed by atoms with Crippen LogP contribution in [0, 0.1) is 11.6 Å². The minimum atomic E-state index is -0.672. The third-order valence-corrected chi connectivity index (χ3v) is 4.91. The van der Waals surface area contributed by atoms with Crippen LogP contribution in [0.3, 0.4) is 0 Å². The largest absolute Gasteiger partial charge is 0.465 e. The fourth-order valence-electron chi connectivity index (χ4n) is 2.49. The average molecular weight is 387 g/mol. The van der Waals surface area contributed by atoms with E-state index in [0.29, 0.717) is 16.0 Å². The number of amides is 1. The number of carbonyl (C=O) groups excluding carboxylic acids is 2. The number of rotatable bonds is 5. The van der Waals surface area contributed by atoms with Crippen LogP contribution in [0.25, 0.3) is 11.1 Å². The van der Waals surface area contributed by atoms with Gasteiger partial charge in [-0.1, -0.05) is 18.2 Å². The Morgan fingerprint density at radius 3 is 2.56 bits per heavy atom. The van der Waals surface area contributed by atoms with Gasteiger partial charge in [-0.25, -0.2) is 13.6 Å². The van der Waals surface area contributed by atoms with E-state index in [9.17, 15) is 18.4 Å². The number of halogens is 2. The zero-order valence-electron chi connectivity index (χ0n) is 14.3. The first kappa shape index (κ1) is 18.7. The van der Waals surface area contributed by atoms with Gasteiger partial charge in [0.05, 0.1) is 19.2 Å². The Kier molecular flexibility index (Phi) is 5.61. The number of carbonyl (C=O) groups is 2. The molecule has 0 radical (unpaired) electrons. The second-order valence-corrected chi connectivity index (χ2v) is 6.81. The fraction of sp³-hybridized carbons (Fsp3) is 0.100. The molecule has 0 fully saturated rings. The Bertz CT molecular complexity index is 1000. The minimum Gasteiger partial charge on any atom is -0.465 e. The Balaban J connectivity index is 1.75. The van der Waals surface area contributed by atoms with Crippen molar-refractivity contribution in [3.05, 3.63) is 81.5 Å². The molecule has 3 aromatic rings. The Hall–Kier alpha value is -3.06. The molecule has 0 saturated carbocycles. The molecule has 3 rings (SSSR count). The van der Waals surface area contributed by atoms with Crippen LogP contribution in [0.4, 0.5) is 8.78 Å². The first-order chi connectivity index (χ1) is 13.0. The normalized spacial score (nSPS) is 10.5. The summed E-state index contributed by atoms with van der Waals surface area (Å²) < 4.78 is 32.1. The standard InChI is InChI=1S/C20H15F2NO3S/c1-26-20(25)18-8-6-15(27-18)11-23-19(24)16-10-13(5-7-17(16)22)12-3-2-4-14(21)9-12/h2-10H,11H2,1H3,(H,23,24). The lowest BCUT2D eigenvalue weighted by Crippen LogP contribution is -2.23. The van der Waals surface area contributed by atoms with Crippen LogP contribution < -0.4 is 5.32 Å². The molecule has 1 aromatic heterocycles. The first-order valence-electron chi connectivity index (χ1n) is 7.98. The second-order valence-electron chi connectivity index (χ2n) is 5.65. The van der Waals surface area contributed by atoms with Gasteiger partial charge in [0.25, 0.3) is 5.91 Å². The number of ether oxygens (including phenoxy) is 1. The van der Waals surface area contributed by atoms with E-state index in [2.05, 4.69) is 10.1 Å². The molecule has 1 N–H and O–H groups in total. The van der Waals surface area contributed by atoms with Crippen LogP contribution >= 0.6 is 11.3 Å². The number of nitrogens with one attached hydrogen (secondary N) is 1. The first-order valence-corrected chi connectivity index (χ1v) is 8.80. The molecule has 0 aliphatic carbocycles. The quantitative estimate of drug-likeness (QED) is 0.660. The van der Waals surface area contributed by atoms with E-state index in [4.69, 9.17) is 0 Å². The van der Waals surface area contributed by atoms with Crippen molar-refractivity contribution in [2.24, 2.45) is 0 Å². The molecule has 0 saturated heterocycles. The van der Waals surface area contributed by atoms with Crippen molar-refractivity contribution in [3.63, 3.8) is 0 Å². The number of benzene rings is 2. The van der Waals surface area contributed by atoms with E-state index in [-0.39, 0.29) is 12.1 Å². The highest BCUT2D eigenvalue weighted by atomic mass is 32.1. The number of thiophene rings is 1. The van der Waals surface area contributed by atoms with Crippen molar-refractivity contribution in [1.29, 1.82) is 0 Å². The Morgan fingerprint density at radius 2 is 1.81 bits per heavy atom. The lowest BCUT2D eigenvalue weighted by Gasteiger charge is -2.08. The smallest absolute Gasteiger partial charge is 0.348 e. The van der Waals surface area contributed by atoms with E-state index in [0.717, 1.165) is 4.88 Å². The predicted molar refractivity (Wildman–Crippen MR) is 98.6 cm³/mol. The molecule has 0 aliphatic heterocycles. The van der Waals surface area contributed by atoms with Crippen molar-refractivity contribution < 1.29 is 23.1 Å². The highest BCUT2D eigenvalue weighted by molar-refractivity contribution is 7.13. The molecule has 4 nitrogen and oxygen atoms in total. The summed E-state index contributed by atoms with van der Waals surface area (Å²) in [5.74, 6) is -2.14. The topological polar surface area (TPSA) is 55.4 Å². The van der Waals surface area contributed by atoms with E-state index in [1.807, 2.05) is 0 Å². The average Bonchev–Trinajstić information content (AvgIpc) is 3.15. The van der Waals surface area contributed by atoms with Crippen LogP contribution in [-0.2, 0) is 11.3 Å². The van der Waals surface area contributed by atoms with Crippen LogP contribution in [0.5, 0.6) is 0 Å². The summed E-state index contributed by atoms with van der Waals surface area (Å²) >= 11 is 1.18. The van der Waals surface area contributed by atoms with Crippen molar-refractivity contribution >= 4 is 23.2 Å². The van der Waals surface area contributed by atoms with Crippen molar-refractivity contribution in [1.82, 2.24) is 5.32 Å². The summed E-state index contributed by atoms with van der Waals surface area (Å²) in [7, 11) is 1.29. The molecule has 0 atom stereocenters. The molecule has 0 aliphatic rings. The fourth-order valence-corrected chi connectivity index (χ4v) is 3.36. The highest BCUT2D eigenvalue weighted by Crippen LogP contribution is 2.23. The van der Waals surface area contributed by atoms with Crippen LogP contribution in [0.2, 0.25) is 0 Å². The zero-order chi connectivity index (χ0) is 19.4. The second kappa shape index (κ2) is 8.09. The third kappa shape index (κ3) is 4.38. The predicted octanol–water partition coefficient (Wildman–Crippen LogP) is 4.41. The maximum absolute atomic E-state index is 14.1. The van der Waals surface area contributed by atoms with Gasteiger partial charge < -0.3 is 10.1 Å². The van der Waals surface area contributed by atoms with Gasteiger partial charge in [0.1, 0.15) is 16.5 Å². The third-order valence-electron chi connectivity index (χ3n) is 3.84. The number of methoxy groups -OCH3 is 1. The molecule has 1 heterocycles. The van der Waals surface area contributed by atoms with Crippen LogP contribution in [0.1, 0.15) is 24.9 Å². The number of hydrogen-bond donors (Lipinski definition) is 1. The van der Waals surface area contributed by atoms with E-state index in [1.54, 1.807) is 24.3 Å². The van der Waals surface area contributed by atoms with Gasteiger partial charge >= 0.3 is 5.97 Å². The van der Waals surface area contributed by atoms with Gasteiger partial charge in [0.2, 0.25) is 0 Å². The molecule has 7 heteroatoms. The molecule has 1 amide bonds. The molecule has 0 bridgehead atoms. The summed E-state index contributed by atoms with van der Waals surface area (Å²) in [4.78, 5) is 25.0. The van der Waals surface area contributed by atoms with E-state index in [1.165, 1.54) is 48.8 Å². The highest BCUT2D eigenvalue weighted by Gasteiger charge is 2.15. The number of esters is 1. The maximum atomic E-state index is 14.1. The minimum absolute atomic E-state index is 0.137. The van der Waals surface area contributed by atoms with E-state index < -0.39 is 23.5 Å². The van der Waals surface area contributed by atoms with Crippen LogP contribution in [-0.4, -0.2) is 19.0 Å². The van der Waals surface area contributed by atoms with Crippen molar-refractivity contribution in [2.45, 2.75) is 6.54 Å². The monoisotopic (exact) mass is 387 g/mol. The summed E-state index contributed by atoms with van der Waals surface area (Å²) in [6, 6.07) is 13.2. The Labute approximate surface area is 158 Å². The summed E-state index contributed by atoms with van der Waals surface area (Å²) in [6.45, 7) is 0.143. The van der Waals surface area contributed by atoms with Gasteiger partial charge in [0, 0.05) is 4.88 Å². The van der Waals surface area contributed by atoms with Gasteiger partial charge in [0.15, 0.2) is 0 Å². The zero-order valence-corrected chi connectivity index (χ0v) is 15.1. The molecule has 138 valence electrons. The van der Waals surface area contributed by atoms with Crippen LogP contribution in [0.15, 0.2) is 54.6 Å². The molecule has 27 heavy (non-hydrogen) atoms. The van der Waals surface area contributed by atoms with Gasteiger partial charge in [-0.15, -0.1) is 11.3 Å². The van der Waals surface area contributed by atoms with Gasteiger partial charge in [-0.3, -0.25) is 4.79 Å². The molecule has 2 aromatic carbocycles. The Morgan fingerprint density at radius 1 is 1.04 bits per heavy atom. The molecule has 0 unspecified atom stereocenters. The summed E-state index contributed by atoms with van der Waals surface area (Å²) in [5.41, 5.74) is 0.941. The molecule has 0 spiro atoms. The van der Waals surface area contributed by atoms with E-state index >= 15 is 0 Å². The lowest BCUT2D eigenvalue weighted by atomic mass is 10.0. The lowest BCUT2D eigenvalue weighted by molar-refractivity contribution is 0.0606. The summed E-state index contributed by atoms with van der Waals surface area (Å²) in [6.07, 6.45) is 0. The van der Waals surface area contributed by atoms with Gasteiger partial charge in [-0.05, 0) is 47.5 Å². The number of hydrogen-bond acceptors (Lipinski definition) is 4. The molecular formula is C20H15F2NO3S. The maximum Gasteiger partial charge on any atom is 0.348 e. The van der Waals surface area contributed by atoms with Crippen molar-refractivity contribution in [3.8, 4) is 11.1 Å². The molecular weight excluding hydrogens is 372 g/mol. The van der Waals surface area contributed by atoms with Gasteiger partial charge in [-0.2, -0.15) is 0 Å².